The number of aromatic amines is 1. The van der Waals surface area contributed by atoms with E-state index in [1.54, 1.807) is 7.11 Å². The van der Waals surface area contributed by atoms with E-state index in [0.717, 1.165) is 18.5 Å². The van der Waals surface area contributed by atoms with E-state index in [9.17, 15) is 4.79 Å². The largest absolute Gasteiger partial charge is 0.373 e. The molecule has 0 aromatic carbocycles. The van der Waals surface area contributed by atoms with Crippen molar-refractivity contribution < 1.29 is 4.74 Å². The van der Waals surface area contributed by atoms with Crippen LogP contribution >= 0.6 is 22.6 Å². The molecule has 4 nitrogen and oxygen atoms in total. The normalized spacial score (nSPS) is 13.1. The number of methoxy groups -OCH3 is 1. The van der Waals surface area contributed by atoms with Crippen LogP contribution < -0.4 is 5.56 Å². The predicted molar refractivity (Wildman–Crippen MR) is 76.2 cm³/mol. The fourth-order valence-corrected chi connectivity index (χ4v) is 2.29. The summed E-state index contributed by atoms with van der Waals surface area (Å²) in [6.07, 6.45) is 1.64. The molecule has 0 saturated carbocycles. The molecule has 0 spiro atoms. The first-order chi connectivity index (χ1) is 8.01. The number of hydrogen-bond acceptors (Lipinski definition) is 3. The summed E-state index contributed by atoms with van der Waals surface area (Å²) < 4.78 is 6.08. The molecule has 0 aliphatic rings. The zero-order valence-corrected chi connectivity index (χ0v) is 12.9. The fraction of sp³-hybridized carbons (Fsp3) is 0.667. The van der Waals surface area contributed by atoms with E-state index in [0.29, 0.717) is 9.39 Å². The first kappa shape index (κ1) is 14.6. The molecule has 1 rings (SSSR count). The van der Waals surface area contributed by atoms with Crippen LogP contribution in [0, 0.1) is 9.49 Å². The van der Waals surface area contributed by atoms with Gasteiger partial charge in [0.1, 0.15) is 11.9 Å². The van der Waals surface area contributed by atoms with Crippen LogP contribution in [0.4, 0.5) is 0 Å². The van der Waals surface area contributed by atoms with Gasteiger partial charge in [0.25, 0.3) is 5.56 Å². The Balaban J connectivity index is 3.21. The quantitative estimate of drug-likeness (QED) is 0.831. The highest BCUT2D eigenvalue weighted by Gasteiger charge is 2.19. The van der Waals surface area contributed by atoms with Crippen LogP contribution in [0.15, 0.2) is 4.79 Å². The molecule has 1 aromatic rings. The third-order valence-corrected chi connectivity index (χ3v) is 3.68. The molecule has 17 heavy (non-hydrogen) atoms. The Morgan fingerprint density at radius 3 is 2.59 bits per heavy atom. The molecule has 1 aromatic heterocycles. The minimum Gasteiger partial charge on any atom is -0.373 e. The average Bonchev–Trinajstić information content (AvgIpc) is 2.26. The monoisotopic (exact) mass is 350 g/mol. The van der Waals surface area contributed by atoms with Crippen LogP contribution in [0.2, 0.25) is 0 Å². The molecule has 1 heterocycles. The summed E-state index contributed by atoms with van der Waals surface area (Å²) in [5.41, 5.74) is 0.802. The molecule has 5 heteroatoms. The van der Waals surface area contributed by atoms with E-state index in [-0.39, 0.29) is 17.6 Å². The number of aromatic nitrogens is 2. The predicted octanol–water partition coefficient (Wildman–Crippen LogP) is 2.67. The van der Waals surface area contributed by atoms with E-state index < -0.39 is 0 Å². The number of nitrogens with one attached hydrogen (secondary N) is 1. The molecule has 1 unspecified atom stereocenters. The zero-order valence-electron chi connectivity index (χ0n) is 10.7. The van der Waals surface area contributed by atoms with Crippen molar-refractivity contribution in [1.82, 2.24) is 9.97 Å². The lowest BCUT2D eigenvalue weighted by atomic mass is 10.1. The van der Waals surface area contributed by atoms with Crippen LogP contribution in [0.5, 0.6) is 0 Å². The first-order valence-electron chi connectivity index (χ1n) is 5.82. The van der Waals surface area contributed by atoms with Gasteiger partial charge in [-0.3, -0.25) is 4.79 Å². The number of aryl methyl sites for hydroxylation is 1. The molecule has 0 aliphatic carbocycles. The van der Waals surface area contributed by atoms with Crippen molar-refractivity contribution in [2.45, 2.75) is 39.7 Å². The summed E-state index contributed by atoms with van der Waals surface area (Å²) in [4.78, 5) is 19.2. The van der Waals surface area contributed by atoms with E-state index in [1.807, 2.05) is 13.8 Å². The smallest absolute Gasteiger partial charge is 0.264 e. The Morgan fingerprint density at radius 2 is 2.12 bits per heavy atom. The highest BCUT2D eigenvalue weighted by atomic mass is 127. The fourth-order valence-electron chi connectivity index (χ4n) is 1.76. The summed E-state index contributed by atoms with van der Waals surface area (Å²) in [5.74, 6) is 0.911. The van der Waals surface area contributed by atoms with E-state index >= 15 is 0 Å². The van der Waals surface area contributed by atoms with Gasteiger partial charge in [0.05, 0.1) is 9.26 Å². The van der Waals surface area contributed by atoms with Gasteiger partial charge in [-0.1, -0.05) is 27.2 Å². The van der Waals surface area contributed by atoms with Crippen molar-refractivity contribution in [3.05, 3.63) is 25.4 Å². The maximum Gasteiger partial charge on any atom is 0.264 e. The first-order valence-corrected chi connectivity index (χ1v) is 6.90. The molecule has 0 aliphatic heterocycles. The molecule has 96 valence electrons. The second-order valence-corrected chi connectivity index (χ2v) is 5.44. The second-order valence-electron chi connectivity index (χ2n) is 4.36. The van der Waals surface area contributed by atoms with Crippen LogP contribution in [0.3, 0.4) is 0 Å². The van der Waals surface area contributed by atoms with E-state index in [2.05, 4.69) is 39.5 Å². The highest BCUT2D eigenvalue weighted by Crippen LogP contribution is 2.22. The molecule has 0 amide bonds. The van der Waals surface area contributed by atoms with Gasteiger partial charge in [-0.25, -0.2) is 4.98 Å². The lowest BCUT2D eigenvalue weighted by Crippen LogP contribution is -2.22. The van der Waals surface area contributed by atoms with Crippen molar-refractivity contribution >= 4 is 22.6 Å². The number of hydrogen-bond donors (Lipinski definition) is 1. The Morgan fingerprint density at radius 1 is 1.47 bits per heavy atom. The molecule has 0 bridgehead atoms. The summed E-state index contributed by atoms with van der Waals surface area (Å²) in [6.45, 7) is 6.17. The van der Waals surface area contributed by atoms with Crippen molar-refractivity contribution in [1.29, 1.82) is 0 Å². The minimum atomic E-state index is -0.157. The maximum atomic E-state index is 11.8. The van der Waals surface area contributed by atoms with Gasteiger partial charge >= 0.3 is 0 Å². The topological polar surface area (TPSA) is 55.0 Å². The van der Waals surface area contributed by atoms with Gasteiger partial charge in [-0.15, -0.1) is 0 Å². The Labute approximate surface area is 115 Å². The van der Waals surface area contributed by atoms with Crippen molar-refractivity contribution in [3.8, 4) is 0 Å². The van der Waals surface area contributed by atoms with Crippen LogP contribution in [-0.2, 0) is 11.2 Å². The van der Waals surface area contributed by atoms with E-state index in [4.69, 9.17) is 4.74 Å². The molecule has 0 saturated heterocycles. The van der Waals surface area contributed by atoms with Crippen molar-refractivity contribution in [3.63, 3.8) is 0 Å². The van der Waals surface area contributed by atoms with Crippen LogP contribution in [0.25, 0.3) is 0 Å². The number of nitrogens with zero attached hydrogens (tertiary/aromatic N) is 1. The van der Waals surface area contributed by atoms with Gasteiger partial charge in [-0.05, 0) is 34.9 Å². The number of ether oxygens (including phenoxy) is 1. The number of rotatable bonds is 5. The lowest BCUT2D eigenvalue weighted by molar-refractivity contribution is 0.0570. The van der Waals surface area contributed by atoms with E-state index in [1.165, 1.54) is 0 Å². The maximum absolute atomic E-state index is 11.8. The third kappa shape index (κ3) is 3.51. The van der Waals surface area contributed by atoms with Crippen molar-refractivity contribution in [2.24, 2.45) is 5.92 Å². The molecule has 0 radical (unpaired) electrons. The number of H-pyrrole nitrogens is 1. The summed E-state index contributed by atoms with van der Waals surface area (Å²) in [5, 5.41) is 0. The van der Waals surface area contributed by atoms with Gasteiger partial charge in [-0.2, -0.15) is 0 Å². The molecule has 1 N–H and O–H groups in total. The summed E-state index contributed by atoms with van der Waals surface area (Å²) >= 11 is 2.05. The standard InChI is InChI=1S/C12H19IN2O2/c1-5-6-8-9(13)12(16)15-11(14-8)10(17-4)7(2)3/h7,10H,5-6H2,1-4H3,(H,14,15,16). The van der Waals surface area contributed by atoms with Crippen LogP contribution in [0.1, 0.15) is 44.8 Å². The van der Waals surface area contributed by atoms with Gasteiger partial charge in [0.15, 0.2) is 0 Å². The molecule has 1 atom stereocenters. The highest BCUT2D eigenvalue weighted by molar-refractivity contribution is 14.1. The SMILES string of the molecule is CCCc1nc(C(OC)C(C)C)[nH]c(=O)c1I. The van der Waals surface area contributed by atoms with Gasteiger partial charge in [0.2, 0.25) is 0 Å². The molecular formula is C12H19IN2O2. The summed E-state index contributed by atoms with van der Waals surface area (Å²) in [6, 6.07) is 0. The molecular weight excluding hydrogens is 331 g/mol. The zero-order chi connectivity index (χ0) is 13.0. The minimum absolute atomic E-state index is 0.0678. The Bertz CT molecular complexity index is 429. The number of halogens is 1. The van der Waals surface area contributed by atoms with Crippen LogP contribution in [-0.4, -0.2) is 17.1 Å². The lowest BCUT2D eigenvalue weighted by Gasteiger charge is -2.19. The van der Waals surface area contributed by atoms with Gasteiger partial charge in [0, 0.05) is 7.11 Å². The van der Waals surface area contributed by atoms with Crippen molar-refractivity contribution in [2.75, 3.05) is 7.11 Å². The third-order valence-electron chi connectivity index (χ3n) is 2.57. The Hall–Kier alpha value is -0.430. The van der Waals surface area contributed by atoms with Gasteiger partial charge < -0.3 is 9.72 Å². The average molecular weight is 350 g/mol. The Kier molecular flexibility index (Phi) is 5.58. The second kappa shape index (κ2) is 6.49. The molecule has 0 fully saturated rings. The summed E-state index contributed by atoms with van der Waals surface area (Å²) in [7, 11) is 1.64.